The van der Waals surface area contributed by atoms with E-state index in [1.54, 1.807) is 12.1 Å². The molecule has 0 unspecified atom stereocenters. The van der Waals surface area contributed by atoms with Crippen molar-refractivity contribution >= 4 is 33.5 Å². The lowest BCUT2D eigenvalue weighted by Gasteiger charge is -2.41. The molecule has 0 N–H and O–H groups in total. The third kappa shape index (κ3) is 4.67. The maximum Gasteiger partial charge on any atom is 0.227 e. The van der Waals surface area contributed by atoms with Gasteiger partial charge in [0.2, 0.25) is 5.95 Å². The van der Waals surface area contributed by atoms with Crippen LogP contribution in [0.25, 0.3) is 11.3 Å². The summed E-state index contributed by atoms with van der Waals surface area (Å²) in [7, 11) is 0. The summed E-state index contributed by atoms with van der Waals surface area (Å²) in [5, 5.41) is 0. The Hall–Kier alpha value is -2.74. The van der Waals surface area contributed by atoms with Gasteiger partial charge in [0, 0.05) is 61.1 Å². The van der Waals surface area contributed by atoms with E-state index in [9.17, 15) is 4.39 Å². The van der Waals surface area contributed by atoms with E-state index in [1.165, 1.54) is 17.7 Å². The Labute approximate surface area is 202 Å². The van der Waals surface area contributed by atoms with Crippen molar-refractivity contribution in [3.05, 3.63) is 58.4 Å². The van der Waals surface area contributed by atoms with Gasteiger partial charge in [-0.05, 0) is 78.5 Å². The molecule has 2 aliphatic heterocycles. The van der Waals surface area contributed by atoms with E-state index in [0.717, 1.165) is 78.9 Å². The average Bonchev–Trinajstić information content (AvgIpc) is 3.34. The van der Waals surface area contributed by atoms with Gasteiger partial charge in [-0.15, -0.1) is 0 Å². The highest BCUT2D eigenvalue weighted by Gasteiger charge is 2.28. The third-order valence-corrected chi connectivity index (χ3v) is 6.90. The molecule has 2 aliphatic rings. The lowest BCUT2D eigenvalue weighted by atomic mass is 10.1. The van der Waals surface area contributed by atoms with Crippen LogP contribution in [0.5, 0.6) is 0 Å². The lowest BCUT2D eigenvalue weighted by molar-refractivity contribution is 0.541. The molecule has 0 spiro atoms. The summed E-state index contributed by atoms with van der Waals surface area (Å²) >= 11 is 3.51. The van der Waals surface area contributed by atoms with Crippen LogP contribution in [0.3, 0.4) is 0 Å². The Morgan fingerprint density at radius 1 is 0.970 bits per heavy atom. The maximum atomic E-state index is 13.5. The summed E-state index contributed by atoms with van der Waals surface area (Å²) in [4.78, 5) is 21.5. The topological polar surface area (TPSA) is 48.4 Å². The summed E-state index contributed by atoms with van der Waals surface area (Å²) in [5.74, 6) is 2.50. The Balaban J connectivity index is 1.44. The van der Waals surface area contributed by atoms with Crippen molar-refractivity contribution in [2.75, 3.05) is 47.4 Å². The highest BCUT2D eigenvalue weighted by molar-refractivity contribution is 9.10. The molecular formula is C25H28BrFN6. The maximum absolute atomic E-state index is 13.5. The molecule has 4 heterocycles. The second-order valence-electron chi connectivity index (χ2n) is 8.89. The molecule has 6 nitrogen and oxygen atoms in total. The Bertz CT molecular complexity index is 1130. The summed E-state index contributed by atoms with van der Waals surface area (Å²) in [6.07, 6.45) is 4.18. The van der Waals surface area contributed by atoms with Gasteiger partial charge in [-0.1, -0.05) is 0 Å². The van der Waals surface area contributed by atoms with Crippen molar-refractivity contribution in [3.63, 3.8) is 0 Å². The van der Waals surface area contributed by atoms with Crippen molar-refractivity contribution in [1.82, 2.24) is 15.0 Å². The molecule has 0 aliphatic carbocycles. The zero-order chi connectivity index (χ0) is 22.9. The highest BCUT2D eigenvalue weighted by atomic mass is 79.9. The van der Waals surface area contributed by atoms with Crippen LogP contribution in [0, 0.1) is 12.7 Å². The number of hydrogen-bond acceptors (Lipinski definition) is 6. The SMILES string of the molecule is Cc1cc(Br)cnc1N1CCN(c2cc(-c3ccc(F)cc3)nc(N3CCCC3)n2)[C@H](C)C1. The molecule has 0 amide bonds. The van der Waals surface area contributed by atoms with Gasteiger partial charge >= 0.3 is 0 Å². The van der Waals surface area contributed by atoms with Crippen LogP contribution < -0.4 is 14.7 Å². The van der Waals surface area contributed by atoms with Crippen LogP contribution in [-0.2, 0) is 0 Å². The smallest absolute Gasteiger partial charge is 0.227 e. The van der Waals surface area contributed by atoms with Crippen LogP contribution in [0.1, 0.15) is 25.3 Å². The van der Waals surface area contributed by atoms with Gasteiger partial charge in [-0.2, -0.15) is 4.98 Å². The number of rotatable bonds is 4. The van der Waals surface area contributed by atoms with Crippen molar-refractivity contribution < 1.29 is 4.39 Å². The van der Waals surface area contributed by atoms with Gasteiger partial charge in [0.05, 0.1) is 5.69 Å². The van der Waals surface area contributed by atoms with Crippen LogP contribution in [0.2, 0.25) is 0 Å². The van der Waals surface area contributed by atoms with E-state index in [2.05, 4.69) is 55.5 Å². The van der Waals surface area contributed by atoms with Crippen LogP contribution in [-0.4, -0.2) is 53.7 Å². The predicted octanol–water partition coefficient (Wildman–Crippen LogP) is 5.06. The molecule has 1 aromatic carbocycles. The lowest BCUT2D eigenvalue weighted by Crippen LogP contribution is -2.53. The largest absolute Gasteiger partial charge is 0.353 e. The standard InChI is InChI=1S/C25H28BrFN6/c1-17-13-20(26)15-28-24(17)32-11-12-33(18(2)16-32)23-14-22(19-5-7-21(27)8-6-19)29-25(30-23)31-9-3-4-10-31/h5-8,13-15,18H,3-4,9-12,16H2,1-2H3/t18-/m1/s1. The second kappa shape index (κ2) is 9.25. The summed E-state index contributed by atoms with van der Waals surface area (Å²) in [6.45, 7) is 8.87. The zero-order valence-corrected chi connectivity index (χ0v) is 20.6. The number of nitrogens with zero attached hydrogens (tertiary/aromatic N) is 6. The molecule has 1 atom stereocenters. The molecule has 0 radical (unpaired) electrons. The molecule has 0 saturated carbocycles. The van der Waals surface area contributed by atoms with Crippen LogP contribution >= 0.6 is 15.9 Å². The first kappa shape index (κ1) is 22.1. The van der Waals surface area contributed by atoms with Gasteiger partial charge in [0.25, 0.3) is 0 Å². The summed E-state index contributed by atoms with van der Waals surface area (Å²) < 4.78 is 14.5. The number of hydrogen-bond donors (Lipinski definition) is 0. The molecular weight excluding hydrogens is 483 g/mol. The molecule has 2 saturated heterocycles. The van der Waals surface area contributed by atoms with Gasteiger partial charge < -0.3 is 14.7 Å². The van der Waals surface area contributed by atoms with E-state index in [4.69, 9.17) is 9.97 Å². The number of halogens is 2. The first-order chi connectivity index (χ1) is 16.0. The monoisotopic (exact) mass is 510 g/mol. The van der Waals surface area contributed by atoms with Crippen molar-refractivity contribution in [3.8, 4) is 11.3 Å². The number of benzene rings is 1. The molecule has 8 heteroatoms. The van der Waals surface area contributed by atoms with E-state index in [0.29, 0.717) is 0 Å². The highest BCUT2D eigenvalue weighted by Crippen LogP contribution is 2.30. The Kier molecular flexibility index (Phi) is 6.19. The summed E-state index contributed by atoms with van der Waals surface area (Å²) in [5.41, 5.74) is 2.91. The minimum atomic E-state index is -0.241. The van der Waals surface area contributed by atoms with Crippen LogP contribution in [0.15, 0.2) is 47.1 Å². The summed E-state index contributed by atoms with van der Waals surface area (Å²) in [6, 6.07) is 11.0. The molecule has 172 valence electrons. The van der Waals surface area contributed by atoms with Crippen molar-refractivity contribution in [1.29, 1.82) is 0 Å². The van der Waals surface area contributed by atoms with Gasteiger partial charge in [-0.25, -0.2) is 14.4 Å². The molecule has 5 rings (SSSR count). The molecule has 3 aromatic rings. The fourth-order valence-corrected chi connectivity index (χ4v) is 5.20. The molecule has 2 fully saturated rings. The van der Waals surface area contributed by atoms with Gasteiger partial charge in [0.1, 0.15) is 17.5 Å². The Morgan fingerprint density at radius 2 is 1.73 bits per heavy atom. The predicted molar refractivity (Wildman–Crippen MR) is 135 cm³/mol. The van der Waals surface area contributed by atoms with Crippen molar-refractivity contribution in [2.45, 2.75) is 32.7 Å². The van der Waals surface area contributed by atoms with Crippen molar-refractivity contribution in [2.24, 2.45) is 0 Å². The van der Waals surface area contributed by atoms with E-state index in [-0.39, 0.29) is 11.9 Å². The normalized spacial score (nSPS) is 18.8. The zero-order valence-electron chi connectivity index (χ0n) is 19.0. The number of piperazine rings is 1. The molecule has 33 heavy (non-hydrogen) atoms. The first-order valence-corrected chi connectivity index (χ1v) is 12.3. The van der Waals surface area contributed by atoms with Gasteiger partial charge in [-0.3, -0.25) is 0 Å². The fourth-order valence-electron chi connectivity index (χ4n) is 4.75. The number of aryl methyl sites for hydroxylation is 1. The minimum absolute atomic E-state index is 0.241. The van der Waals surface area contributed by atoms with E-state index < -0.39 is 0 Å². The first-order valence-electron chi connectivity index (χ1n) is 11.5. The molecule has 2 aromatic heterocycles. The number of anilines is 3. The van der Waals surface area contributed by atoms with Gasteiger partial charge in [0.15, 0.2) is 0 Å². The van der Waals surface area contributed by atoms with Crippen LogP contribution in [0.4, 0.5) is 22.0 Å². The fraction of sp³-hybridized carbons (Fsp3) is 0.400. The Morgan fingerprint density at radius 3 is 2.42 bits per heavy atom. The number of aromatic nitrogens is 3. The molecule has 0 bridgehead atoms. The average molecular weight is 511 g/mol. The van der Waals surface area contributed by atoms with E-state index in [1.807, 2.05) is 12.3 Å². The second-order valence-corrected chi connectivity index (χ2v) is 9.81. The third-order valence-electron chi connectivity index (χ3n) is 6.47. The number of pyridine rings is 1. The quantitative estimate of drug-likeness (QED) is 0.488. The minimum Gasteiger partial charge on any atom is -0.353 e. The van der Waals surface area contributed by atoms with E-state index >= 15 is 0 Å².